The first-order valence-electron chi connectivity index (χ1n) is 8.43. The van der Waals surface area contributed by atoms with Gasteiger partial charge in [-0.3, -0.25) is 9.78 Å². The maximum atomic E-state index is 12.6. The Hall–Kier alpha value is -2.85. The smallest absolute Gasteiger partial charge is 0.257 e. The van der Waals surface area contributed by atoms with E-state index in [1.165, 1.54) is 0 Å². The van der Waals surface area contributed by atoms with E-state index < -0.39 is 0 Å². The molecule has 0 saturated heterocycles. The molecule has 2 aromatic carbocycles. The summed E-state index contributed by atoms with van der Waals surface area (Å²) < 4.78 is 0. The molecule has 1 N–H and O–H groups in total. The van der Waals surface area contributed by atoms with Crippen molar-refractivity contribution in [3.05, 3.63) is 83.1 Å². The summed E-state index contributed by atoms with van der Waals surface area (Å²) in [6, 6.07) is 17.3. The summed E-state index contributed by atoms with van der Waals surface area (Å²) in [5.74, 6) is -0.200. The molecule has 1 heterocycles. The first kappa shape index (κ1) is 18.0. The molecule has 132 valence electrons. The Bertz CT molecular complexity index is 912. The zero-order valence-corrected chi connectivity index (χ0v) is 15.5. The highest BCUT2D eigenvalue weighted by Crippen LogP contribution is 2.25. The Morgan fingerprint density at radius 2 is 1.85 bits per heavy atom. The normalized spacial score (nSPS) is 10.4. The predicted octanol–water partition coefficient (Wildman–Crippen LogP) is 5.45. The molecule has 1 aromatic heterocycles. The summed E-state index contributed by atoms with van der Waals surface area (Å²) >= 11 is 5.97. The van der Waals surface area contributed by atoms with Gasteiger partial charge in [0.1, 0.15) is 0 Å². The molecule has 0 aliphatic heterocycles. The molecule has 3 aromatic rings. The van der Waals surface area contributed by atoms with Crippen LogP contribution in [0.2, 0.25) is 5.02 Å². The van der Waals surface area contributed by atoms with Crippen LogP contribution in [-0.4, -0.2) is 17.4 Å². The zero-order valence-electron chi connectivity index (χ0n) is 14.7. The van der Waals surface area contributed by atoms with Gasteiger partial charge in [-0.05, 0) is 55.8 Å². The Morgan fingerprint density at radius 3 is 2.54 bits per heavy atom. The van der Waals surface area contributed by atoms with E-state index in [0.29, 0.717) is 10.6 Å². The fourth-order valence-corrected chi connectivity index (χ4v) is 3.01. The molecule has 0 aliphatic rings. The van der Waals surface area contributed by atoms with Gasteiger partial charge in [0, 0.05) is 29.1 Å². The van der Waals surface area contributed by atoms with Gasteiger partial charge in [0.15, 0.2) is 0 Å². The first-order chi connectivity index (χ1) is 12.6. The second-order valence-electron chi connectivity index (χ2n) is 5.92. The molecule has 1 amide bonds. The monoisotopic (exact) mass is 365 g/mol. The summed E-state index contributed by atoms with van der Waals surface area (Å²) in [5, 5.41) is 3.57. The zero-order chi connectivity index (χ0) is 18.5. The highest BCUT2D eigenvalue weighted by atomic mass is 35.5. The van der Waals surface area contributed by atoms with Crippen molar-refractivity contribution < 1.29 is 4.79 Å². The van der Waals surface area contributed by atoms with Crippen LogP contribution in [0.5, 0.6) is 0 Å². The SMILES string of the molecule is CCN(c1ccccc1)c1cncc(C(=O)Nc2ccc(Cl)cc2C)c1. The van der Waals surface area contributed by atoms with Gasteiger partial charge >= 0.3 is 0 Å². The molecule has 0 radical (unpaired) electrons. The van der Waals surface area contributed by atoms with Gasteiger partial charge in [0.25, 0.3) is 5.91 Å². The van der Waals surface area contributed by atoms with Crippen LogP contribution in [0, 0.1) is 6.92 Å². The minimum absolute atomic E-state index is 0.200. The molecule has 0 atom stereocenters. The fraction of sp³-hybridized carbons (Fsp3) is 0.143. The van der Waals surface area contributed by atoms with Crippen LogP contribution in [0.25, 0.3) is 0 Å². The van der Waals surface area contributed by atoms with Crippen LogP contribution >= 0.6 is 11.6 Å². The Labute approximate surface area is 158 Å². The third kappa shape index (κ3) is 4.03. The highest BCUT2D eigenvalue weighted by Gasteiger charge is 2.13. The number of pyridine rings is 1. The number of carbonyl (C=O) groups excluding carboxylic acids is 1. The van der Waals surface area contributed by atoms with E-state index in [1.807, 2.05) is 49.4 Å². The standard InChI is InChI=1S/C21H20ClN3O/c1-3-25(18-7-5-4-6-8-18)19-12-16(13-23-14-19)21(26)24-20-10-9-17(22)11-15(20)2/h4-14H,3H2,1-2H3,(H,24,26). The number of hydrogen-bond donors (Lipinski definition) is 1. The van der Waals surface area contributed by atoms with E-state index >= 15 is 0 Å². The molecule has 4 nitrogen and oxygen atoms in total. The number of benzene rings is 2. The number of anilines is 3. The van der Waals surface area contributed by atoms with Gasteiger partial charge in [0.2, 0.25) is 0 Å². The number of nitrogens with one attached hydrogen (secondary N) is 1. The maximum Gasteiger partial charge on any atom is 0.257 e. The third-order valence-electron chi connectivity index (χ3n) is 4.12. The lowest BCUT2D eigenvalue weighted by Gasteiger charge is -2.23. The van der Waals surface area contributed by atoms with Gasteiger partial charge in [-0.2, -0.15) is 0 Å². The molecule has 0 spiro atoms. The van der Waals surface area contributed by atoms with Gasteiger partial charge in [0.05, 0.1) is 17.4 Å². The first-order valence-corrected chi connectivity index (χ1v) is 8.81. The van der Waals surface area contributed by atoms with E-state index in [9.17, 15) is 4.79 Å². The number of halogens is 1. The number of aromatic nitrogens is 1. The molecular weight excluding hydrogens is 346 g/mol. The summed E-state index contributed by atoms with van der Waals surface area (Å²) in [5.41, 5.74) is 4.09. The van der Waals surface area contributed by atoms with E-state index in [1.54, 1.807) is 24.5 Å². The average Bonchev–Trinajstić information content (AvgIpc) is 2.66. The summed E-state index contributed by atoms with van der Waals surface area (Å²) in [6.07, 6.45) is 3.34. The molecule has 0 saturated carbocycles. The minimum Gasteiger partial charge on any atom is -0.340 e. The van der Waals surface area contributed by atoms with Crippen LogP contribution in [0.3, 0.4) is 0 Å². The van der Waals surface area contributed by atoms with Crippen LogP contribution in [0.15, 0.2) is 67.0 Å². The molecule has 0 unspecified atom stereocenters. The quantitative estimate of drug-likeness (QED) is 0.653. The lowest BCUT2D eigenvalue weighted by Crippen LogP contribution is -2.18. The summed E-state index contributed by atoms with van der Waals surface area (Å²) in [4.78, 5) is 19.0. The van der Waals surface area contributed by atoms with Gasteiger partial charge in [-0.1, -0.05) is 29.8 Å². The van der Waals surface area contributed by atoms with E-state index in [0.717, 1.165) is 29.2 Å². The average molecular weight is 366 g/mol. The maximum absolute atomic E-state index is 12.6. The van der Waals surface area contributed by atoms with Crippen molar-refractivity contribution in [3.8, 4) is 0 Å². The second-order valence-corrected chi connectivity index (χ2v) is 6.36. The van der Waals surface area contributed by atoms with Gasteiger partial charge in [-0.25, -0.2) is 0 Å². The predicted molar refractivity (Wildman–Crippen MR) is 108 cm³/mol. The number of para-hydroxylation sites is 1. The van der Waals surface area contributed by atoms with Crippen molar-refractivity contribution in [2.75, 3.05) is 16.8 Å². The van der Waals surface area contributed by atoms with Crippen LogP contribution in [0.4, 0.5) is 17.1 Å². The molecule has 0 aliphatic carbocycles. The molecule has 26 heavy (non-hydrogen) atoms. The second kappa shape index (κ2) is 8.02. The number of carbonyl (C=O) groups is 1. The number of amides is 1. The number of rotatable bonds is 5. The van der Waals surface area contributed by atoms with Crippen molar-refractivity contribution >= 4 is 34.6 Å². The Kier molecular flexibility index (Phi) is 5.54. The Balaban J connectivity index is 1.85. The van der Waals surface area contributed by atoms with Gasteiger partial charge < -0.3 is 10.2 Å². The minimum atomic E-state index is -0.200. The summed E-state index contributed by atoms with van der Waals surface area (Å²) in [7, 11) is 0. The van der Waals surface area contributed by atoms with Crippen LogP contribution in [0.1, 0.15) is 22.8 Å². The number of nitrogens with zero attached hydrogens (tertiary/aromatic N) is 2. The van der Waals surface area contributed by atoms with Gasteiger partial charge in [-0.15, -0.1) is 0 Å². The molecule has 0 bridgehead atoms. The number of hydrogen-bond acceptors (Lipinski definition) is 3. The van der Waals surface area contributed by atoms with Crippen LogP contribution < -0.4 is 10.2 Å². The molecule has 3 rings (SSSR count). The van der Waals surface area contributed by atoms with Crippen LogP contribution in [-0.2, 0) is 0 Å². The molecule has 0 fully saturated rings. The molecular formula is C21H20ClN3O. The van der Waals surface area contributed by atoms with E-state index in [4.69, 9.17) is 11.6 Å². The van der Waals surface area contributed by atoms with E-state index in [2.05, 4.69) is 22.1 Å². The largest absolute Gasteiger partial charge is 0.340 e. The third-order valence-corrected chi connectivity index (χ3v) is 4.35. The highest BCUT2D eigenvalue weighted by molar-refractivity contribution is 6.30. The number of aryl methyl sites for hydroxylation is 1. The van der Waals surface area contributed by atoms with Crippen molar-refractivity contribution in [1.29, 1.82) is 0 Å². The fourth-order valence-electron chi connectivity index (χ4n) is 2.78. The summed E-state index contributed by atoms with van der Waals surface area (Å²) in [6.45, 7) is 4.74. The lowest BCUT2D eigenvalue weighted by atomic mass is 10.1. The van der Waals surface area contributed by atoms with Crippen molar-refractivity contribution in [3.63, 3.8) is 0 Å². The molecule has 5 heteroatoms. The van der Waals surface area contributed by atoms with Crippen molar-refractivity contribution in [1.82, 2.24) is 4.98 Å². The topological polar surface area (TPSA) is 45.2 Å². The van der Waals surface area contributed by atoms with E-state index in [-0.39, 0.29) is 5.91 Å². The lowest BCUT2D eigenvalue weighted by molar-refractivity contribution is 0.102. The Morgan fingerprint density at radius 1 is 1.08 bits per heavy atom. The van der Waals surface area contributed by atoms with Crippen molar-refractivity contribution in [2.24, 2.45) is 0 Å². The van der Waals surface area contributed by atoms with Crippen molar-refractivity contribution in [2.45, 2.75) is 13.8 Å².